The maximum absolute atomic E-state index is 11.8. The molecule has 2 rings (SSSR count). The van der Waals surface area contributed by atoms with E-state index >= 15 is 0 Å². The summed E-state index contributed by atoms with van der Waals surface area (Å²) < 4.78 is 0. The fraction of sp³-hybridized carbons (Fsp3) is 0.625. The molecule has 1 aliphatic carbocycles. The first-order valence-electron chi connectivity index (χ1n) is 7.26. The SMILES string of the molecule is CC(C)C1CCC(Cc2ccncc2Cl)(C(=O)O)CC1. The summed E-state index contributed by atoms with van der Waals surface area (Å²) in [6.07, 6.45) is 7.24. The van der Waals surface area contributed by atoms with Gasteiger partial charge in [0.05, 0.1) is 10.4 Å². The summed E-state index contributed by atoms with van der Waals surface area (Å²) in [6, 6.07) is 1.83. The first-order valence-corrected chi connectivity index (χ1v) is 7.64. The molecule has 0 radical (unpaired) electrons. The Labute approximate surface area is 125 Å². The van der Waals surface area contributed by atoms with Crippen LogP contribution in [0.3, 0.4) is 0 Å². The molecule has 0 saturated heterocycles. The monoisotopic (exact) mass is 295 g/mol. The lowest BCUT2D eigenvalue weighted by molar-refractivity contribution is -0.151. The van der Waals surface area contributed by atoms with Gasteiger partial charge in [-0.25, -0.2) is 0 Å². The van der Waals surface area contributed by atoms with Gasteiger partial charge in [0.2, 0.25) is 0 Å². The fourth-order valence-corrected chi connectivity index (χ4v) is 3.42. The maximum Gasteiger partial charge on any atom is 0.309 e. The molecule has 4 heteroatoms. The molecule has 1 aromatic heterocycles. The van der Waals surface area contributed by atoms with Crippen LogP contribution in [0.15, 0.2) is 18.5 Å². The van der Waals surface area contributed by atoms with Crippen LogP contribution in [0, 0.1) is 17.3 Å². The van der Waals surface area contributed by atoms with Crippen LogP contribution in [0.2, 0.25) is 5.02 Å². The Morgan fingerprint density at radius 2 is 2.15 bits per heavy atom. The smallest absolute Gasteiger partial charge is 0.309 e. The quantitative estimate of drug-likeness (QED) is 0.906. The Kier molecular flexibility index (Phi) is 4.69. The van der Waals surface area contributed by atoms with Gasteiger partial charge in [-0.15, -0.1) is 0 Å². The molecule has 1 saturated carbocycles. The summed E-state index contributed by atoms with van der Waals surface area (Å²) in [5.41, 5.74) is 0.239. The van der Waals surface area contributed by atoms with E-state index in [2.05, 4.69) is 18.8 Å². The highest BCUT2D eigenvalue weighted by atomic mass is 35.5. The number of carboxylic acid groups (broad SMARTS) is 1. The molecule has 0 amide bonds. The van der Waals surface area contributed by atoms with Crippen LogP contribution in [0.1, 0.15) is 45.1 Å². The van der Waals surface area contributed by atoms with Crippen molar-refractivity contribution in [2.45, 2.75) is 46.0 Å². The maximum atomic E-state index is 11.8. The van der Waals surface area contributed by atoms with Gasteiger partial charge in [-0.1, -0.05) is 25.4 Å². The second-order valence-corrected chi connectivity index (χ2v) is 6.72. The van der Waals surface area contributed by atoms with E-state index < -0.39 is 11.4 Å². The average molecular weight is 296 g/mol. The highest BCUT2D eigenvalue weighted by Crippen LogP contribution is 2.44. The van der Waals surface area contributed by atoms with E-state index in [1.165, 1.54) is 0 Å². The molecule has 0 spiro atoms. The van der Waals surface area contributed by atoms with E-state index in [1.54, 1.807) is 12.4 Å². The van der Waals surface area contributed by atoms with E-state index in [0.29, 0.717) is 23.3 Å². The number of halogens is 1. The summed E-state index contributed by atoms with van der Waals surface area (Å²) in [5, 5.41) is 10.3. The van der Waals surface area contributed by atoms with Crippen LogP contribution in [0.25, 0.3) is 0 Å². The molecular weight excluding hydrogens is 274 g/mol. The number of aliphatic carboxylic acids is 1. The van der Waals surface area contributed by atoms with Gasteiger partial charge in [0, 0.05) is 12.4 Å². The van der Waals surface area contributed by atoms with Crippen LogP contribution in [-0.4, -0.2) is 16.1 Å². The van der Waals surface area contributed by atoms with Crippen molar-refractivity contribution in [3.05, 3.63) is 29.0 Å². The Balaban J connectivity index is 2.16. The summed E-state index contributed by atoms with van der Waals surface area (Å²) in [6.45, 7) is 4.44. The van der Waals surface area contributed by atoms with E-state index in [9.17, 15) is 9.90 Å². The molecule has 110 valence electrons. The standard InChI is InChI=1S/C16H22ClNO2/c1-11(2)12-3-6-16(7-4-12,15(19)20)9-13-5-8-18-10-14(13)17/h5,8,10-12H,3-4,6-7,9H2,1-2H3,(H,19,20). The Morgan fingerprint density at radius 1 is 1.50 bits per heavy atom. The van der Waals surface area contributed by atoms with Gasteiger partial charge in [0.25, 0.3) is 0 Å². The third-order valence-electron chi connectivity index (χ3n) is 4.77. The largest absolute Gasteiger partial charge is 0.481 e. The van der Waals surface area contributed by atoms with Crippen molar-refractivity contribution in [1.29, 1.82) is 0 Å². The molecule has 0 aliphatic heterocycles. The molecule has 3 nitrogen and oxygen atoms in total. The highest BCUT2D eigenvalue weighted by Gasteiger charge is 2.42. The van der Waals surface area contributed by atoms with Crippen LogP contribution in [0.5, 0.6) is 0 Å². The molecule has 1 N–H and O–H groups in total. The van der Waals surface area contributed by atoms with Crippen molar-refractivity contribution in [3.63, 3.8) is 0 Å². The lowest BCUT2D eigenvalue weighted by Crippen LogP contribution is -2.38. The number of aromatic nitrogens is 1. The average Bonchev–Trinajstić information content (AvgIpc) is 2.42. The first kappa shape index (κ1) is 15.3. The van der Waals surface area contributed by atoms with Crippen LogP contribution in [0.4, 0.5) is 0 Å². The summed E-state index contributed by atoms with van der Waals surface area (Å²) >= 11 is 6.13. The third kappa shape index (κ3) is 3.14. The zero-order valence-electron chi connectivity index (χ0n) is 12.1. The Hall–Kier alpha value is -1.09. The number of carbonyl (C=O) groups is 1. The minimum atomic E-state index is -0.687. The molecule has 1 aliphatic rings. The minimum Gasteiger partial charge on any atom is -0.481 e. The third-order valence-corrected chi connectivity index (χ3v) is 5.11. The van der Waals surface area contributed by atoms with E-state index in [1.807, 2.05) is 6.07 Å². The lowest BCUT2D eigenvalue weighted by Gasteiger charge is -2.38. The predicted octanol–water partition coefficient (Wildman–Crippen LogP) is 4.19. The normalized spacial score (nSPS) is 26.7. The van der Waals surface area contributed by atoms with Crippen molar-refractivity contribution in [3.8, 4) is 0 Å². The van der Waals surface area contributed by atoms with Crippen molar-refractivity contribution >= 4 is 17.6 Å². The fourth-order valence-electron chi connectivity index (χ4n) is 3.24. The van der Waals surface area contributed by atoms with Crippen LogP contribution in [-0.2, 0) is 11.2 Å². The number of rotatable bonds is 4. The lowest BCUT2D eigenvalue weighted by atomic mass is 9.65. The van der Waals surface area contributed by atoms with Gasteiger partial charge in [0.1, 0.15) is 0 Å². The van der Waals surface area contributed by atoms with Gasteiger partial charge < -0.3 is 5.11 Å². The molecule has 1 fully saturated rings. The zero-order chi connectivity index (χ0) is 14.8. The second kappa shape index (κ2) is 6.13. The molecule has 0 atom stereocenters. The number of hydrogen-bond acceptors (Lipinski definition) is 2. The van der Waals surface area contributed by atoms with Crippen molar-refractivity contribution in [2.24, 2.45) is 17.3 Å². The highest BCUT2D eigenvalue weighted by molar-refractivity contribution is 6.31. The van der Waals surface area contributed by atoms with Gasteiger partial charge >= 0.3 is 5.97 Å². The minimum absolute atomic E-state index is 0.508. The molecular formula is C16H22ClNO2. The molecule has 0 bridgehead atoms. The summed E-state index contributed by atoms with van der Waals surface area (Å²) in [7, 11) is 0. The molecule has 0 unspecified atom stereocenters. The van der Waals surface area contributed by atoms with Gasteiger partial charge in [-0.05, 0) is 55.6 Å². The van der Waals surface area contributed by atoms with Crippen molar-refractivity contribution in [1.82, 2.24) is 4.98 Å². The molecule has 1 heterocycles. The van der Waals surface area contributed by atoms with Crippen molar-refractivity contribution < 1.29 is 9.90 Å². The van der Waals surface area contributed by atoms with E-state index in [0.717, 1.165) is 31.2 Å². The van der Waals surface area contributed by atoms with Crippen LogP contribution >= 0.6 is 11.6 Å². The second-order valence-electron chi connectivity index (χ2n) is 6.31. The molecule has 20 heavy (non-hydrogen) atoms. The number of carboxylic acids is 1. The summed E-state index contributed by atoms with van der Waals surface area (Å²) in [4.78, 5) is 15.8. The zero-order valence-corrected chi connectivity index (χ0v) is 12.9. The van der Waals surface area contributed by atoms with Gasteiger partial charge in [0.15, 0.2) is 0 Å². The predicted molar refractivity (Wildman–Crippen MR) is 79.8 cm³/mol. The first-order chi connectivity index (χ1) is 9.44. The molecule has 1 aromatic rings. The number of hydrogen-bond donors (Lipinski definition) is 1. The van der Waals surface area contributed by atoms with Crippen LogP contribution < -0.4 is 0 Å². The molecule has 0 aromatic carbocycles. The van der Waals surface area contributed by atoms with E-state index in [4.69, 9.17) is 11.6 Å². The Bertz CT molecular complexity index is 479. The number of nitrogens with zero attached hydrogens (tertiary/aromatic N) is 1. The number of pyridine rings is 1. The van der Waals surface area contributed by atoms with E-state index in [-0.39, 0.29) is 0 Å². The van der Waals surface area contributed by atoms with Crippen molar-refractivity contribution in [2.75, 3.05) is 0 Å². The Morgan fingerprint density at radius 3 is 2.65 bits per heavy atom. The van der Waals surface area contributed by atoms with Gasteiger partial charge in [-0.2, -0.15) is 0 Å². The topological polar surface area (TPSA) is 50.2 Å². The summed E-state index contributed by atoms with van der Waals surface area (Å²) in [5.74, 6) is 0.592. The van der Waals surface area contributed by atoms with Gasteiger partial charge in [-0.3, -0.25) is 9.78 Å².